The minimum atomic E-state index is -0.0591. The first kappa shape index (κ1) is 18.6. The largest absolute Gasteiger partial charge is 0.484 e. The molecule has 0 aromatic heterocycles. The van der Waals surface area contributed by atoms with Crippen molar-refractivity contribution in [2.75, 3.05) is 31.1 Å². The lowest BCUT2D eigenvalue weighted by molar-refractivity contribution is -0.917. The predicted molar refractivity (Wildman–Crippen MR) is 108 cm³/mol. The fourth-order valence-corrected chi connectivity index (χ4v) is 4.65. The van der Waals surface area contributed by atoms with Crippen molar-refractivity contribution in [1.29, 1.82) is 0 Å². The van der Waals surface area contributed by atoms with E-state index in [2.05, 4.69) is 0 Å². The number of benzene rings is 2. The summed E-state index contributed by atoms with van der Waals surface area (Å²) in [6, 6.07) is 14.8. The second kappa shape index (κ2) is 8.09. The molecular weight excluding hydrogens is 383 g/mol. The monoisotopic (exact) mass is 405 g/mol. The number of halogens is 2. The summed E-state index contributed by atoms with van der Waals surface area (Å²) in [5.41, 5.74) is 0.780. The van der Waals surface area contributed by atoms with Crippen LogP contribution in [0.25, 0.3) is 0 Å². The molecule has 3 aliphatic rings. The summed E-state index contributed by atoms with van der Waals surface area (Å²) in [4.78, 5) is 16.7. The fraction of sp³-hybridized carbons (Fsp3) is 0.381. The minimum absolute atomic E-state index is 0.0224. The van der Waals surface area contributed by atoms with Crippen LogP contribution in [0.4, 0.5) is 5.69 Å². The predicted octanol–water partition coefficient (Wildman–Crippen LogP) is 3.08. The van der Waals surface area contributed by atoms with Gasteiger partial charge in [-0.3, -0.25) is 9.69 Å². The van der Waals surface area contributed by atoms with Gasteiger partial charge in [-0.15, -0.1) is 0 Å². The Bertz CT molecular complexity index is 804. The van der Waals surface area contributed by atoms with Crippen LogP contribution in [0.1, 0.15) is 12.8 Å². The van der Waals surface area contributed by atoms with Crippen LogP contribution in [-0.2, 0) is 4.79 Å². The second-order valence-corrected chi connectivity index (χ2v) is 8.16. The Morgan fingerprint density at radius 2 is 1.78 bits per heavy atom. The molecule has 3 aliphatic heterocycles. The van der Waals surface area contributed by atoms with Crippen LogP contribution in [0.3, 0.4) is 0 Å². The maximum absolute atomic E-state index is 13.2. The molecule has 1 atom stereocenters. The normalized spacial score (nSPS) is 23.9. The van der Waals surface area contributed by atoms with Gasteiger partial charge in [-0.05, 0) is 42.3 Å². The molecule has 142 valence electrons. The molecule has 0 radical (unpaired) electrons. The average Bonchev–Trinajstić information content (AvgIpc) is 2.70. The number of hydrogen-bond acceptors (Lipinski definition) is 2. The molecule has 3 fully saturated rings. The number of amides is 1. The molecule has 6 heteroatoms. The average molecular weight is 406 g/mol. The van der Waals surface area contributed by atoms with Crippen molar-refractivity contribution >= 4 is 34.8 Å². The summed E-state index contributed by atoms with van der Waals surface area (Å²) in [6.45, 7) is 3.36. The Labute approximate surface area is 169 Å². The van der Waals surface area contributed by atoms with E-state index in [9.17, 15) is 4.79 Å². The van der Waals surface area contributed by atoms with Crippen LogP contribution in [0, 0.1) is 5.92 Å². The van der Waals surface area contributed by atoms with Gasteiger partial charge in [-0.2, -0.15) is 0 Å². The molecule has 2 aromatic carbocycles. The molecule has 1 N–H and O–H groups in total. The van der Waals surface area contributed by atoms with E-state index in [1.54, 1.807) is 29.2 Å². The third-order valence-corrected chi connectivity index (χ3v) is 6.24. The van der Waals surface area contributed by atoms with E-state index in [-0.39, 0.29) is 18.6 Å². The van der Waals surface area contributed by atoms with Gasteiger partial charge in [0.05, 0.1) is 36.4 Å². The molecule has 4 nitrogen and oxygen atoms in total. The third-order valence-electron chi connectivity index (χ3n) is 5.67. The van der Waals surface area contributed by atoms with E-state index in [1.165, 1.54) is 13.1 Å². The van der Waals surface area contributed by atoms with Crippen LogP contribution in [0.5, 0.6) is 5.75 Å². The van der Waals surface area contributed by atoms with Crippen molar-refractivity contribution in [2.45, 2.75) is 18.9 Å². The SMILES string of the molecule is O=C(COc1ccc(Cl)cc1)N(c1ccccc1Cl)C1C[NH+]2CCC1CC2. The Hall–Kier alpha value is -1.75. The Balaban J connectivity index is 1.56. The van der Waals surface area contributed by atoms with E-state index in [4.69, 9.17) is 27.9 Å². The molecular formula is C21H23Cl2N2O2+. The zero-order chi connectivity index (χ0) is 18.8. The number of nitrogens with zero attached hydrogens (tertiary/aromatic N) is 1. The molecule has 2 aromatic rings. The number of rotatable bonds is 5. The van der Waals surface area contributed by atoms with Gasteiger partial charge in [0.1, 0.15) is 5.75 Å². The van der Waals surface area contributed by atoms with E-state index >= 15 is 0 Å². The number of ether oxygens (including phenoxy) is 1. The second-order valence-electron chi connectivity index (χ2n) is 7.32. The Morgan fingerprint density at radius 3 is 2.41 bits per heavy atom. The fourth-order valence-electron chi connectivity index (χ4n) is 4.29. The molecule has 0 aliphatic carbocycles. The molecule has 0 spiro atoms. The van der Waals surface area contributed by atoms with Crippen LogP contribution in [0.15, 0.2) is 48.5 Å². The highest BCUT2D eigenvalue weighted by Gasteiger charge is 2.43. The van der Waals surface area contributed by atoms with Crippen LogP contribution in [0.2, 0.25) is 10.0 Å². The highest BCUT2D eigenvalue weighted by molar-refractivity contribution is 6.33. The van der Waals surface area contributed by atoms with Crippen molar-refractivity contribution in [3.63, 3.8) is 0 Å². The lowest BCUT2D eigenvalue weighted by Crippen LogP contribution is -3.17. The molecule has 27 heavy (non-hydrogen) atoms. The molecule has 1 unspecified atom stereocenters. The number of carbonyl (C=O) groups excluding carboxylic acids is 1. The quantitative estimate of drug-likeness (QED) is 0.828. The minimum Gasteiger partial charge on any atom is -0.484 e. The maximum atomic E-state index is 13.2. The van der Waals surface area contributed by atoms with Crippen LogP contribution in [-0.4, -0.2) is 38.2 Å². The summed E-state index contributed by atoms with van der Waals surface area (Å²) in [5.74, 6) is 1.10. The summed E-state index contributed by atoms with van der Waals surface area (Å²) in [6.07, 6.45) is 2.32. The number of fused-ring (bicyclic) bond motifs is 3. The summed E-state index contributed by atoms with van der Waals surface area (Å²) < 4.78 is 5.74. The molecule has 3 saturated heterocycles. The van der Waals surface area contributed by atoms with Gasteiger partial charge in [0.2, 0.25) is 0 Å². The van der Waals surface area contributed by atoms with E-state index in [0.29, 0.717) is 21.7 Å². The first-order valence-corrected chi connectivity index (χ1v) is 10.2. The Kier molecular flexibility index (Phi) is 5.58. The summed E-state index contributed by atoms with van der Waals surface area (Å²) in [5, 5.41) is 1.24. The van der Waals surface area contributed by atoms with Crippen molar-refractivity contribution in [3.8, 4) is 5.75 Å². The maximum Gasteiger partial charge on any atom is 0.265 e. The summed E-state index contributed by atoms with van der Waals surface area (Å²) >= 11 is 12.4. The zero-order valence-electron chi connectivity index (χ0n) is 15.0. The highest BCUT2D eigenvalue weighted by Crippen LogP contribution is 2.32. The number of piperidine rings is 3. The van der Waals surface area contributed by atoms with Gasteiger partial charge in [0.15, 0.2) is 6.61 Å². The van der Waals surface area contributed by atoms with Crippen molar-refractivity contribution in [3.05, 3.63) is 58.6 Å². The first-order chi connectivity index (χ1) is 13.1. The van der Waals surface area contributed by atoms with E-state index in [1.807, 2.05) is 29.2 Å². The number of hydrogen-bond donors (Lipinski definition) is 1. The number of nitrogens with one attached hydrogen (secondary N) is 1. The van der Waals surface area contributed by atoms with Gasteiger partial charge in [0.25, 0.3) is 5.91 Å². The Morgan fingerprint density at radius 1 is 1.07 bits per heavy atom. The van der Waals surface area contributed by atoms with E-state index < -0.39 is 0 Å². The standard InChI is InChI=1S/C21H22Cl2N2O2/c22-16-5-7-17(8-6-16)27-14-21(26)25(19-4-2-1-3-18(19)23)20-13-24-11-9-15(20)10-12-24/h1-8,15,20H,9-14H2/p+1. The molecule has 1 amide bonds. The smallest absolute Gasteiger partial charge is 0.265 e. The first-order valence-electron chi connectivity index (χ1n) is 9.40. The zero-order valence-corrected chi connectivity index (χ0v) is 16.5. The van der Waals surface area contributed by atoms with Crippen molar-refractivity contribution in [2.24, 2.45) is 5.92 Å². The van der Waals surface area contributed by atoms with Crippen molar-refractivity contribution < 1.29 is 14.4 Å². The number of quaternary nitrogens is 1. The number of carbonyl (C=O) groups is 1. The molecule has 0 saturated carbocycles. The van der Waals surface area contributed by atoms with Gasteiger partial charge in [-0.25, -0.2) is 0 Å². The van der Waals surface area contributed by atoms with Crippen LogP contribution >= 0.6 is 23.2 Å². The highest BCUT2D eigenvalue weighted by atomic mass is 35.5. The number of para-hydroxylation sites is 1. The van der Waals surface area contributed by atoms with Crippen LogP contribution < -0.4 is 14.5 Å². The topological polar surface area (TPSA) is 34.0 Å². The molecule has 3 heterocycles. The lowest BCUT2D eigenvalue weighted by atomic mass is 9.83. The van der Waals surface area contributed by atoms with Gasteiger partial charge in [-0.1, -0.05) is 35.3 Å². The lowest BCUT2D eigenvalue weighted by Gasteiger charge is -2.46. The molecule has 2 bridgehead atoms. The van der Waals surface area contributed by atoms with E-state index in [0.717, 1.165) is 25.1 Å². The van der Waals surface area contributed by atoms with Gasteiger partial charge < -0.3 is 9.64 Å². The van der Waals surface area contributed by atoms with Crippen molar-refractivity contribution in [1.82, 2.24) is 0 Å². The summed E-state index contributed by atoms with van der Waals surface area (Å²) in [7, 11) is 0. The number of anilines is 1. The molecule has 5 rings (SSSR count). The third kappa shape index (κ3) is 4.08. The van der Waals surface area contributed by atoms with Gasteiger partial charge in [0, 0.05) is 17.9 Å². The van der Waals surface area contributed by atoms with Gasteiger partial charge >= 0.3 is 0 Å².